The molecule has 134 valence electrons. The number of carboxylic acids is 1. The average molecular weight is 342 g/mol. The summed E-state index contributed by atoms with van der Waals surface area (Å²) in [5, 5.41) is 19.3. The molecule has 0 amide bonds. The van der Waals surface area contributed by atoms with Crippen molar-refractivity contribution < 1.29 is 19.7 Å². The number of hydrogen-bond donors (Lipinski definition) is 2. The summed E-state index contributed by atoms with van der Waals surface area (Å²) in [6.07, 6.45) is 7.25. The summed E-state index contributed by atoms with van der Waals surface area (Å²) >= 11 is 0. The van der Waals surface area contributed by atoms with Crippen LogP contribution in [0, 0.1) is 5.92 Å². The fraction of sp³-hybridized carbons (Fsp3) is 0.476. The molecule has 0 radical (unpaired) electrons. The highest BCUT2D eigenvalue weighted by Crippen LogP contribution is 2.52. The van der Waals surface area contributed by atoms with Gasteiger partial charge in [-0.3, -0.25) is 0 Å². The lowest BCUT2D eigenvalue weighted by atomic mass is 9.66. The molecule has 1 aromatic carbocycles. The van der Waals surface area contributed by atoms with Gasteiger partial charge in [0.2, 0.25) is 0 Å². The van der Waals surface area contributed by atoms with Gasteiger partial charge in [-0.25, -0.2) is 4.79 Å². The third-order valence-electron chi connectivity index (χ3n) is 5.49. The maximum absolute atomic E-state index is 11.5. The monoisotopic (exact) mass is 342 g/mol. The Kier molecular flexibility index (Phi) is 4.63. The molecule has 0 bridgehead atoms. The molecule has 0 unspecified atom stereocenters. The summed E-state index contributed by atoms with van der Waals surface area (Å²) in [5.74, 6) is 0.257. The zero-order valence-corrected chi connectivity index (χ0v) is 15.1. The third kappa shape index (κ3) is 3.44. The molecule has 0 saturated carbocycles. The van der Waals surface area contributed by atoms with Crippen LogP contribution in [0.2, 0.25) is 0 Å². The number of allylic oxidation sites excluding steroid dienone is 3. The van der Waals surface area contributed by atoms with E-state index in [1.165, 1.54) is 5.57 Å². The lowest BCUT2D eigenvalue weighted by molar-refractivity contribution is -0.133. The van der Waals surface area contributed by atoms with Gasteiger partial charge in [0, 0.05) is 23.0 Å². The standard InChI is InChI=1S/C21H26O4/c1-13(2)5-4-10-21(3)18-8-6-14(20(23)24)11-16(18)17-12-15(22)7-9-19(17)25-21/h5,7,9,11-12,16,18,22H,4,6,8,10H2,1-3H3,(H,23,24)/t16-,18+,21+/m1/s1. The van der Waals surface area contributed by atoms with Gasteiger partial charge in [-0.2, -0.15) is 0 Å². The number of hydrogen-bond acceptors (Lipinski definition) is 3. The first-order valence-corrected chi connectivity index (χ1v) is 8.89. The predicted octanol–water partition coefficient (Wildman–Crippen LogP) is 4.79. The maximum atomic E-state index is 11.5. The van der Waals surface area contributed by atoms with Crippen LogP contribution in [0.4, 0.5) is 0 Å². The Labute approximate surface area is 148 Å². The van der Waals surface area contributed by atoms with E-state index in [9.17, 15) is 15.0 Å². The van der Waals surface area contributed by atoms with E-state index in [1.807, 2.05) is 6.08 Å². The van der Waals surface area contributed by atoms with Gasteiger partial charge in [-0.15, -0.1) is 0 Å². The molecular formula is C21H26O4. The van der Waals surface area contributed by atoms with E-state index < -0.39 is 5.97 Å². The smallest absolute Gasteiger partial charge is 0.331 e. The van der Waals surface area contributed by atoms with Crippen molar-refractivity contribution in [1.82, 2.24) is 0 Å². The fourth-order valence-electron chi connectivity index (χ4n) is 4.18. The van der Waals surface area contributed by atoms with E-state index >= 15 is 0 Å². The summed E-state index contributed by atoms with van der Waals surface area (Å²) in [6, 6.07) is 5.13. The second-order valence-electron chi connectivity index (χ2n) is 7.63. The molecule has 25 heavy (non-hydrogen) atoms. The number of fused-ring (bicyclic) bond motifs is 3. The van der Waals surface area contributed by atoms with Crippen LogP contribution in [0.1, 0.15) is 57.9 Å². The van der Waals surface area contributed by atoms with Crippen LogP contribution < -0.4 is 4.74 Å². The van der Waals surface area contributed by atoms with Crippen molar-refractivity contribution in [2.24, 2.45) is 5.92 Å². The van der Waals surface area contributed by atoms with Crippen molar-refractivity contribution in [1.29, 1.82) is 0 Å². The summed E-state index contributed by atoms with van der Waals surface area (Å²) < 4.78 is 6.40. The summed E-state index contributed by atoms with van der Waals surface area (Å²) in [4.78, 5) is 11.5. The Balaban J connectivity index is 2.01. The molecule has 4 nitrogen and oxygen atoms in total. The first-order valence-electron chi connectivity index (χ1n) is 8.89. The van der Waals surface area contributed by atoms with Gasteiger partial charge in [0.05, 0.1) is 0 Å². The molecule has 1 heterocycles. The molecule has 0 spiro atoms. The highest BCUT2D eigenvalue weighted by molar-refractivity contribution is 5.87. The largest absolute Gasteiger partial charge is 0.508 e. The molecule has 1 aromatic rings. The second-order valence-corrected chi connectivity index (χ2v) is 7.63. The number of phenols is 1. The minimum atomic E-state index is -0.849. The van der Waals surface area contributed by atoms with E-state index in [1.54, 1.807) is 18.2 Å². The van der Waals surface area contributed by atoms with Crippen molar-refractivity contribution in [3.63, 3.8) is 0 Å². The first kappa shape index (κ1) is 17.6. The van der Waals surface area contributed by atoms with E-state index in [0.29, 0.717) is 12.0 Å². The van der Waals surface area contributed by atoms with Crippen molar-refractivity contribution in [2.75, 3.05) is 0 Å². The van der Waals surface area contributed by atoms with Crippen LogP contribution in [-0.2, 0) is 4.79 Å². The molecule has 1 aliphatic heterocycles. The number of carboxylic acid groups (broad SMARTS) is 1. The zero-order chi connectivity index (χ0) is 18.2. The van der Waals surface area contributed by atoms with Crippen molar-refractivity contribution in [2.45, 2.75) is 58.0 Å². The molecule has 3 atom stereocenters. The van der Waals surface area contributed by atoms with Crippen LogP contribution in [0.25, 0.3) is 0 Å². The van der Waals surface area contributed by atoms with E-state index in [0.717, 1.165) is 30.6 Å². The van der Waals surface area contributed by atoms with E-state index in [-0.39, 0.29) is 23.2 Å². The normalized spacial score (nSPS) is 27.4. The Morgan fingerprint density at radius 3 is 2.84 bits per heavy atom. The SMILES string of the molecule is CC(C)=CCC[C@]1(C)Oc2ccc(O)cc2[C@H]2C=C(C(=O)O)CC[C@@H]21. The summed E-state index contributed by atoms with van der Waals surface area (Å²) in [6.45, 7) is 6.32. The second kappa shape index (κ2) is 6.58. The molecule has 0 saturated heterocycles. The van der Waals surface area contributed by atoms with Crippen LogP contribution in [0.15, 0.2) is 41.5 Å². The highest BCUT2D eigenvalue weighted by atomic mass is 16.5. The number of benzene rings is 1. The molecule has 1 aliphatic carbocycles. The number of rotatable bonds is 4. The Morgan fingerprint density at radius 2 is 2.16 bits per heavy atom. The van der Waals surface area contributed by atoms with Gasteiger partial charge in [0.1, 0.15) is 17.1 Å². The number of aromatic hydroxyl groups is 1. The van der Waals surface area contributed by atoms with Crippen molar-refractivity contribution in [3.8, 4) is 11.5 Å². The number of carbonyl (C=O) groups is 1. The minimum absolute atomic E-state index is 0.0348. The zero-order valence-electron chi connectivity index (χ0n) is 15.1. The van der Waals surface area contributed by atoms with Crippen LogP contribution in [-0.4, -0.2) is 21.8 Å². The molecule has 3 rings (SSSR count). The van der Waals surface area contributed by atoms with E-state index in [4.69, 9.17) is 4.74 Å². The van der Waals surface area contributed by atoms with Crippen molar-refractivity contribution >= 4 is 5.97 Å². The Bertz CT molecular complexity index is 742. The van der Waals surface area contributed by atoms with Gasteiger partial charge in [0.15, 0.2) is 0 Å². The van der Waals surface area contributed by atoms with Gasteiger partial charge < -0.3 is 14.9 Å². The average Bonchev–Trinajstić information content (AvgIpc) is 2.55. The van der Waals surface area contributed by atoms with Crippen molar-refractivity contribution in [3.05, 3.63) is 47.1 Å². The summed E-state index contributed by atoms with van der Waals surface area (Å²) in [5.41, 5.74) is 2.30. The minimum Gasteiger partial charge on any atom is -0.508 e. The fourth-order valence-corrected chi connectivity index (χ4v) is 4.18. The third-order valence-corrected chi connectivity index (χ3v) is 5.49. The van der Waals surface area contributed by atoms with Crippen LogP contribution in [0.3, 0.4) is 0 Å². The van der Waals surface area contributed by atoms with Crippen LogP contribution >= 0.6 is 0 Å². The molecule has 0 fully saturated rings. The highest BCUT2D eigenvalue weighted by Gasteiger charge is 2.47. The molecule has 0 aromatic heterocycles. The molecule has 2 aliphatic rings. The van der Waals surface area contributed by atoms with Gasteiger partial charge in [-0.05, 0) is 64.7 Å². The maximum Gasteiger partial charge on any atom is 0.331 e. The van der Waals surface area contributed by atoms with Crippen LogP contribution in [0.5, 0.6) is 11.5 Å². The van der Waals surface area contributed by atoms with Gasteiger partial charge in [0.25, 0.3) is 0 Å². The Morgan fingerprint density at radius 1 is 1.40 bits per heavy atom. The molecule has 2 N–H and O–H groups in total. The number of aliphatic carboxylic acids is 1. The Hall–Kier alpha value is -2.23. The lowest BCUT2D eigenvalue weighted by Gasteiger charge is -2.48. The topological polar surface area (TPSA) is 66.8 Å². The van der Waals surface area contributed by atoms with Gasteiger partial charge in [-0.1, -0.05) is 17.7 Å². The first-order chi connectivity index (χ1) is 11.8. The summed E-state index contributed by atoms with van der Waals surface area (Å²) in [7, 11) is 0. The molecular weight excluding hydrogens is 316 g/mol. The number of phenolic OH excluding ortho intramolecular Hbond substituents is 1. The lowest BCUT2D eigenvalue weighted by Crippen LogP contribution is -2.47. The quantitative estimate of drug-likeness (QED) is 0.772. The van der Waals surface area contributed by atoms with Gasteiger partial charge >= 0.3 is 5.97 Å². The van der Waals surface area contributed by atoms with E-state index in [2.05, 4.69) is 26.8 Å². The number of ether oxygens (including phenoxy) is 1. The predicted molar refractivity (Wildman–Crippen MR) is 97.0 cm³/mol. The molecule has 4 heteroatoms.